The summed E-state index contributed by atoms with van der Waals surface area (Å²) >= 11 is 0. The normalized spacial score (nSPS) is 43.3. The van der Waals surface area contributed by atoms with Crippen LogP contribution in [0, 0.1) is 0 Å². The molecule has 0 bridgehead atoms. The van der Waals surface area contributed by atoms with Gasteiger partial charge in [0.2, 0.25) is 11.4 Å². The lowest BCUT2D eigenvalue weighted by Crippen LogP contribution is -2.63. The van der Waals surface area contributed by atoms with Crippen LogP contribution in [0.15, 0.2) is 12.7 Å². The van der Waals surface area contributed by atoms with Crippen LogP contribution in [0.25, 0.3) is 0 Å². The Labute approximate surface area is 91.2 Å². The van der Waals surface area contributed by atoms with E-state index in [0.717, 1.165) is 0 Å². The van der Waals surface area contributed by atoms with E-state index in [-0.39, 0.29) is 0 Å². The van der Waals surface area contributed by atoms with Gasteiger partial charge in [-0.25, -0.2) is 0 Å². The van der Waals surface area contributed by atoms with Gasteiger partial charge in [-0.15, -0.1) is 0 Å². The largest absolute Gasteiger partial charge is 0.394 e. The Balaban J connectivity index is 3.21. The van der Waals surface area contributed by atoms with E-state index in [4.69, 9.17) is 10.2 Å². The lowest BCUT2D eigenvalue weighted by molar-refractivity contribution is -0.273. The van der Waals surface area contributed by atoms with Crippen molar-refractivity contribution in [1.29, 1.82) is 0 Å². The quantitative estimate of drug-likeness (QED) is 0.326. The average Bonchev–Trinajstić information content (AvgIpc) is 2.50. The van der Waals surface area contributed by atoms with Gasteiger partial charge in [0.05, 0.1) is 6.61 Å². The van der Waals surface area contributed by atoms with Crippen LogP contribution >= 0.6 is 0 Å². The average molecular weight is 234 g/mol. The Morgan fingerprint density at radius 1 is 1.44 bits per heavy atom. The fourth-order valence-electron chi connectivity index (χ4n) is 1.69. The number of carbonyl (C=O) groups is 1. The van der Waals surface area contributed by atoms with E-state index in [0.29, 0.717) is 6.08 Å². The molecule has 1 rings (SSSR count). The molecule has 1 unspecified atom stereocenters. The van der Waals surface area contributed by atoms with Crippen LogP contribution in [-0.2, 0) is 9.53 Å². The van der Waals surface area contributed by atoms with E-state index < -0.39 is 42.6 Å². The number of ketones is 1. The molecule has 0 radical (unpaired) electrons. The highest BCUT2D eigenvalue weighted by molar-refractivity contribution is 5.98. The minimum absolute atomic E-state index is 0.687. The van der Waals surface area contributed by atoms with Crippen molar-refractivity contribution in [3.8, 4) is 0 Å². The fraction of sp³-hybridized carbons (Fsp3) is 0.667. The zero-order valence-corrected chi connectivity index (χ0v) is 8.41. The molecule has 0 aromatic heterocycles. The number of carbonyl (C=O) groups excluding carboxylic acids is 1. The van der Waals surface area contributed by atoms with Gasteiger partial charge in [-0.05, 0) is 6.08 Å². The van der Waals surface area contributed by atoms with Crippen molar-refractivity contribution in [1.82, 2.24) is 0 Å². The topological polar surface area (TPSA) is 127 Å². The molecule has 0 saturated carbocycles. The van der Waals surface area contributed by atoms with E-state index in [1.54, 1.807) is 0 Å². The third-order valence-corrected chi connectivity index (χ3v) is 2.68. The minimum Gasteiger partial charge on any atom is -0.394 e. The first-order valence-electron chi connectivity index (χ1n) is 4.56. The monoisotopic (exact) mass is 234 g/mol. The van der Waals surface area contributed by atoms with Gasteiger partial charge < -0.3 is 30.3 Å². The summed E-state index contributed by atoms with van der Waals surface area (Å²) in [6, 6.07) is 0. The number of aliphatic hydroxyl groups excluding tert-OH is 3. The van der Waals surface area contributed by atoms with Crippen LogP contribution in [0.3, 0.4) is 0 Å². The molecule has 1 aliphatic rings. The van der Waals surface area contributed by atoms with Crippen LogP contribution < -0.4 is 0 Å². The Morgan fingerprint density at radius 3 is 2.38 bits per heavy atom. The lowest BCUT2D eigenvalue weighted by atomic mass is 9.84. The number of ether oxygens (including phenoxy) is 1. The molecule has 1 aliphatic heterocycles. The van der Waals surface area contributed by atoms with Crippen LogP contribution in [0.1, 0.15) is 0 Å². The molecule has 0 amide bonds. The molecular formula is C9H14O7. The third kappa shape index (κ3) is 1.49. The highest BCUT2D eigenvalue weighted by atomic mass is 16.7. The van der Waals surface area contributed by atoms with E-state index in [1.807, 2.05) is 0 Å². The fourth-order valence-corrected chi connectivity index (χ4v) is 1.69. The van der Waals surface area contributed by atoms with Gasteiger partial charge in [-0.2, -0.15) is 0 Å². The standard InChI is InChI=1S/C9H14O7/c1-2-6(12)9(15)7(13)5(3-10)16-8(9,14)4-11/h2,5,7,10-11,13-15H,1,3-4H2/t5-,7-,8?,9+/m1/s1. The van der Waals surface area contributed by atoms with E-state index in [9.17, 15) is 20.1 Å². The molecule has 1 fully saturated rings. The summed E-state index contributed by atoms with van der Waals surface area (Å²) < 4.78 is 4.69. The van der Waals surface area contributed by atoms with Gasteiger partial charge in [0.15, 0.2) is 5.78 Å². The summed E-state index contributed by atoms with van der Waals surface area (Å²) in [5, 5.41) is 47.0. The first-order chi connectivity index (χ1) is 7.37. The highest BCUT2D eigenvalue weighted by Crippen LogP contribution is 2.39. The molecule has 1 saturated heterocycles. The van der Waals surface area contributed by atoms with E-state index >= 15 is 0 Å². The summed E-state index contributed by atoms with van der Waals surface area (Å²) in [5.41, 5.74) is -2.74. The number of aliphatic hydroxyl groups is 5. The zero-order valence-electron chi connectivity index (χ0n) is 8.41. The van der Waals surface area contributed by atoms with Gasteiger partial charge >= 0.3 is 0 Å². The molecule has 1 heterocycles. The maximum absolute atomic E-state index is 11.4. The Kier molecular flexibility index (Phi) is 3.48. The van der Waals surface area contributed by atoms with Gasteiger partial charge in [0, 0.05) is 0 Å². The summed E-state index contributed by atoms with van der Waals surface area (Å²) in [6.45, 7) is 1.26. The smallest absolute Gasteiger partial charge is 0.229 e. The molecular weight excluding hydrogens is 220 g/mol. The molecule has 7 nitrogen and oxygen atoms in total. The molecule has 92 valence electrons. The SMILES string of the molecule is C=CC(=O)[C@]1(O)[C@H](O)[C@@H](CO)OC1(O)CO. The van der Waals surface area contributed by atoms with Crippen LogP contribution in [0.5, 0.6) is 0 Å². The van der Waals surface area contributed by atoms with Crippen molar-refractivity contribution in [2.75, 3.05) is 13.2 Å². The minimum atomic E-state index is -2.74. The van der Waals surface area contributed by atoms with Gasteiger partial charge in [-0.1, -0.05) is 6.58 Å². The molecule has 0 aromatic rings. The van der Waals surface area contributed by atoms with Crippen LogP contribution in [0.4, 0.5) is 0 Å². The molecule has 5 N–H and O–H groups in total. The summed E-state index contributed by atoms with van der Waals surface area (Å²) in [7, 11) is 0. The zero-order chi connectivity index (χ0) is 12.6. The van der Waals surface area contributed by atoms with Crippen molar-refractivity contribution in [2.45, 2.75) is 23.6 Å². The molecule has 0 spiro atoms. The summed E-state index contributed by atoms with van der Waals surface area (Å²) in [5.74, 6) is -3.77. The Bertz CT molecular complexity index is 304. The van der Waals surface area contributed by atoms with Crippen molar-refractivity contribution in [2.24, 2.45) is 0 Å². The summed E-state index contributed by atoms with van der Waals surface area (Å²) in [6.07, 6.45) is -2.54. The maximum Gasteiger partial charge on any atom is 0.229 e. The van der Waals surface area contributed by atoms with Crippen molar-refractivity contribution in [3.63, 3.8) is 0 Å². The molecule has 7 heteroatoms. The van der Waals surface area contributed by atoms with Crippen LogP contribution in [-0.4, -0.2) is 68.1 Å². The van der Waals surface area contributed by atoms with Crippen molar-refractivity contribution >= 4 is 5.78 Å². The molecule has 0 aromatic carbocycles. The second-order valence-electron chi connectivity index (χ2n) is 3.56. The van der Waals surface area contributed by atoms with Gasteiger partial charge in [0.25, 0.3) is 0 Å². The lowest BCUT2D eigenvalue weighted by Gasteiger charge is -2.33. The predicted molar refractivity (Wildman–Crippen MR) is 50.2 cm³/mol. The summed E-state index contributed by atoms with van der Waals surface area (Å²) in [4.78, 5) is 11.4. The Hall–Kier alpha value is -0.830. The Morgan fingerprint density at radius 2 is 2.00 bits per heavy atom. The maximum atomic E-state index is 11.4. The second-order valence-corrected chi connectivity index (χ2v) is 3.56. The first kappa shape index (κ1) is 13.2. The highest BCUT2D eigenvalue weighted by Gasteiger charge is 2.67. The number of hydrogen-bond acceptors (Lipinski definition) is 7. The van der Waals surface area contributed by atoms with Crippen LogP contribution in [0.2, 0.25) is 0 Å². The first-order valence-corrected chi connectivity index (χ1v) is 4.56. The molecule has 0 aliphatic carbocycles. The second kappa shape index (κ2) is 4.21. The van der Waals surface area contributed by atoms with E-state index in [2.05, 4.69) is 11.3 Å². The van der Waals surface area contributed by atoms with E-state index in [1.165, 1.54) is 0 Å². The van der Waals surface area contributed by atoms with Gasteiger partial charge in [0.1, 0.15) is 18.8 Å². The number of hydrogen-bond donors (Lipinski definition) is 5. The number of rotatable bonds is 4. The predicted octanol–water partition coefficient (Wildman–Crippen LogP) is -3.09. The van der Waals surface area contributed by atoms with Gasteiger partial charge in [-0.3, -0.25) is 4.79 Å². The molecule has 4 atom stereocenters. The molecule has 16 heavy (non-hydrogen) atoms. The van der Waals surface area contributed by atoms with Crippen molar-refractivity contribution < 1.29 is 35.1 Å². The third-order valence-electron chi connectivity index (χ3n) is 2.68. The van der Waals surface area contributed by atoms with Crippen molar-refractivity contribution in [3.05, 3.63) is 12.7 Å².